The van der Waals surface area contributed by atoms with E-state index in [4.69, 9.17) is 4.74 Å². The van der Waals surface area contributed by atoms with Gasteiger partial charge in [-0.2, -0.15) is 5.10 Å². The molecule has 2 aliphatic heterocycles. The predicted molar refractivity (Wildman–Crippen MR) is 142 cm³/mol. The van der Waals surface area contributed by atoms with E-state index >= 15 is 0 Å². The molecule has 0 spiro atoms. The molecule has 2 saturated heterocycles. The van der Waals surface area contributed by atoms with Gasteiger partial charge in [-0.15, -0.1) is 0 Å². The topological polar surface area (TPSA) is 50.6 Å². The van der Waals surface area contributed by atoms with Crippen molar-refractivity contribution in [3.05, 3.63) is 83.2 Å². The summed E-state index contributed by atoms with van der Waals surface area (Å²) < 4.78 is 7.83. The Morgan fingerprint density at radius 2 is 1.75 bits per heavy atom. The zero-order chi connectivity index (χ0) is 24.9. The maximum atomic E-state index is 13.0. The van der Waals surface area contributed by atoms with E-state index in [9.17, 15) is 4.79 Å². The average Bonchev–Trinajstić information content (AvgIpc) is 3.26. The minimum Gasteiger partial charge on any atom is -0.493 e. The molecule has 0 unspecified atom stereocenters. The van der Waals surface area contributed by atoms with E-state index in [2.05, 4.69) is 64.6 Å². The molecular weight excluding hydrogens is 448 g/mol. The van der Waals surface area contributed by atoms with E-state index in [1.54, 1.807) is 4.68 Å². The summed E-state index contributed by atoms with van der Waals surface area (Å²) in [5, 5.41) is 4.32. The van der Waals surface area contributed by atoms with E-state index < -0.39 is 0 Å². The lowest BCUT2D eigenvalue weighted by Crippen LogP contribution is -2.42. The van der Waals surface area contributed by atoms with Crippen LogP contribution in [0.2, 0.25) is 0 Å². The van der Waals surface area contributed by atoms with E-state index in [-0.39, 0.29) is 5.91 Å². The van der Waals surface area contributed by atoms with Crippen molar-refractivity contribution < 1.29 is 9.53 Å². The van der Waals surface area contributed by atoms with Crippen LogP contribution in [0.15, 0.2) is 60.7 Å². The van der Waals surface area contributed by atoms with Crippen LogP contribution < -0.4 is 4.74 Å². The van der Waals surface area contributed by atoms with Gasteiger partial charge in [-0.1, -0.05) is 42.5 Å². The highest BCUT2D eigenvalue weighted by atomic mass is 16.5. The highest BCUT2D eigenvalue weighted by Crippen LogP contribution is 2.28. The minimum absolute atomic E-state index is 0.0694. The summed E-state index contributed by atoms with van der Waals surface area (Å²) in [5.74, 6) is 2.02. The molecule has 1 aromatic heterocycles. The number of benzene rings is 2. The highest BCUT2D eigenvalue weighted by molar-refractivity contribution is 5.92. The lowest BCUT2D eigenvalue weighted by atomic mass is 9.89. The molecule has 3 heterocycles. The first-order valence-corrected chi connectivity index (χ1v) is 13.3. The van der Waals surface area contributed by atoms with Crippen LogP contribution in [0.25, 0.3) is 0 Å². The smallest absolute Gasteiger partial charge is 0.272 e. The van der Waals surface area contributed by atoms with Crippen molar-refractivity contribution in [1.82, 2.24) is 19.6 Å². The number of amides is 1. The summed E-state index contributed by atoms with van der Waals surface area (Å²) >= 11 is 0. The van der Waals surface area contributed by atoms with Crippen LogP contribution in [0.3, 0.4) is 0 Å². The fourth-order valence-corrected chi connectivity index (χ4v) is 5.67. The molecule has 0 saturated carbocycles. The standard InChI is InChI=1S/C30H38N4O2/c1-23-19-29(32(2)31-23)30(35)34-16-6-7-25(21-34)22-36-28-12-10-24(11-13-28)20-33-17-14-27(15-18-33)26-8-4-3-5-9-26/h3-5,8-13,19,25,27H,6-7,14-18,20-22H2,1-2H3/t25-/m1/s1. The second-order valence-corrected chi connectivity index (χ2v) is 10.5. The zero-order valence-corrected chi connectivity index (χ0v) is 21.6. The van der Waals surface area contributed by atoms with Gasteiger partial charge in [0.25, 0.3) is 5.91 Å². The number of nitrogens with zero attached hydrogens (tertiary/aromatic N) is 4. The Morgan fingerprint density at radius 1 is 1.00 bits per heavy atom. The van der Waals surface area contributed by atoms with Crippen molar-refractivity contribution >= 4 is 5.91 Å². The van der Waals surface area contributed by atoms with Gasteiger partial charge in [-0.05, 0) is 80.9 Å². The number of hydrogen-bond acceptors (Lipinski definition) is 4. The molecule has 1 amide bonds. The monoisotopic (exact) mass is 486 g/mol. The first-order valence-electron chi connectivity index (χ1n) is 13.3. The number of carbonyl (C=O) groups is 1. The van der Waals surface area contributed by atoms with Crippen molar-refractivity contribution in [1.29, 1.82) is 0 Å². The summed E-state index contributed by atoms with van der Waals surface area (Å²) in [7, 11) is 1.83. The molecular formula is C30H38N4O2. The third kappa shape index (κ3) is 5.98. The average molecular weight is 487 g/mol. The Labute approximate surface area is 214 Å². The number of aromatic nitrogens is 2. The van der Waals surface area contributed by atoms with Gasteiger partial charge < -0.3 is 9.64 Å². The van der Waals surface area contributed by atoms with Gasteiger partial charge >= 0.3 is 0 Å². The van der Waals surface area contributed by atoms with Crippen molar-refractivity contribution in [3.63, 3.8) is 0 Å². The van der Waals surface area contributed by atoms with Crippen molar-refractivity contribution in [3.8, 4) is 5.75 Å². The SMILES string of the molecule is Cc1cc(C(=O)N2CCC[C@@H](COc3ccc(CN4CCC(c5ccccc5)CC4)cc3)C2)n(C)n1. The fourth-order valence-electron chi connectivity index (χ4n) is 5.67. The second-order valence-electron chi connectivity index (χ2n) is 10.5. The summed E-state index contributed by atoms with van der Waals surface area (Å²) in [6.07, 6.45) is 4.56. The lowest BCUT2D eigenvalue weighted by Gasteiger charge is -2.32. The summed E-state index contributed by atoms with van der Waals surface area (Å²) in [6, 6.07) is 21.4. The molecule has 5 rings (SSSR count). The summed E-state index contributed by atoms with van der Waals surface area (Å²) in [4.78, 5) is 17.5. The Balaban J connectivity index is 1.07. The quantitative estimate of drug-likeness (QED) is 0.470. The maximum Gasteiger partial charge on any atom is 0.272 e. The van der Waals surface area contributed by atoms with Gasteiger partial charge in [-0.3, -0.25) is 14.4 Å². The molecule has 0 radical (unpaired) electrons. The van der Waals surface area contributed by atoms with Gasteiger partial charge in [0.15, 0.2) is 0 Å². The van der Waals surface area contributed by atoms with E-state index in [0.717, 1.165) is 57.0 Å². The first kappa shape index (κ1) is 24.6. The van der Waals surface area contributed by atoms with Crippen molar-refractivity contribution in [2.24, 2.45) is 13.0 Å². The van der Waals surface area contributed by atoms with Crippen LogP contribution in [0.5, 0.6) is 5.75 Å². The molecule has 2 aromatic carbocycles. The Kier molecular flexibility index (Phi) is 7.71. The molecule has 0 aliphatic carbocycles. The number of piperidine rings is 2. The molecule has 6 heteroatoms. The third-order valence-corrected chi connectivity index (χ3v) is 7.70. The predicted octanol–water partition coefficient (Wildman–Crippen LogP) is 5.04. The number of hydrogen-bond donors (Lipinski definition) is 0. The van der Waals surface area contributed by atoms with Crippen LogP contribution in [0.1, 0.15) is 58.9 Å². The summed E-state index contributed by atoms with van der Waals surface area (Å²) in [6.45, 7) is 7.38. The fraction of sp³-hybridized carbons (Fsp3) is 0.467. The Morgan fingerprint density at radius 3 is 2.44 bits per heavy atom. The van der Waals surface area contributed by atoms with E-state index in [1.807, 2.05) is 24.9 Å². The first-order chi connectivity index (χ1) is 17.5. The van der Waals surface area contributed by atoms with Gasteiger partial charge in [0, 0.05) is 32.6 Å². The maximum absolute atomic E-state index is 13.0. The van der Waals surface area contributed by atoms with Crippen LogP contribution in [0.4, 0.5) is 0 Å². The number of likely N-dealkylation sites (tertiary alicyclic amines) is 2. The van der Waals surface area contributed by atoms with Gasteiger partial charge in [0.1, 0.15) is 11.4 Å². The molecule has 0 bridgehead atoms. The molecule has 190 valence electrons. The molecule has 36 heavy (non-hydrogen) atoms. The normalized spacial score (nSPS) is 19.4. The molecule has 2 aliphatic rings. The molecule has 2 fully saturated rings. The highest BCUT2D eigenvalue weighted by Gasteiger charge is 2.27. The zero-order valence-electron chi connectivity index (χ0n) is 21.6. The summed E-state index contributed by atoms with van der Waals surface area (Å²) in [5.41, 5.74) is 4.35. The number of carbonyl (C=O) groups excluding carboxylic acids is 1. The van der Waals surface area contributed by atoms with E-state index in [1.165, 1.54) is 24.0 Å². The van der Waals surface area contributed by atoms with Gasteiger partial charge in [0.2, 0.25) is 0 Å². The lowest BCUT2D eigenvalue weighted by molar-refractivity contribution is 0.0622. The van der Waals surface area contributed by atoms with Crippen LogP contribution in [-0.4, -0.2) is 58.3 Å². The minimum atomic E-state index is 0.0694. The number of rotatable bonds is 7. The van der Waals surface area contributed by atoms with Crippen molar-refractivity contribution in [2.75, 3.05) is 32.8 Å². The number of ether oxygens (including phenoxy) is 1. The van der Waals surface area contributed by atoms with Gasteiger partial charge in [0.05, 0.1) is 12.3 Å². The number of aryl methyl sites for hydroxylation is 2. The van der Waals surface area contributed by atoms with Crippen LogP contribution in [0, 0.1) is 12.8 Å². The molecule has 6 nitrogen and oxygen atoms in total. The molecule has 1 atom stereocenters. The third-order valence-electron chi connectivity index (χ3n) is 7.70. The van der Waals surface area contributed by atoms with E-state index in [0.29, 0.717) is 24.1 Å². The molecule has 0 N–H and O–H groups in total. The van der Waals surface area contributed by atoms with Crippen LogP contribution >= 0.6 is 0 Å². The Bertz CT molecular complexity index is 1130. The largest absolute Gasteiger partial charge is 0.493 e. The van der Waals surface area contributed by atoms with Crippen molar-refractivity contribution in [2.45, 2.75) is 45.1 Å². The Hall–Kier alpha value is -3.12. The van der Waals surface area contributed by atoms with Gasteiger partial charge in [-0.25, -0.2) is 0 Å². The second kappa shape index (κ2) is 11.3. The van der Waals surface area contributed by atoms with Crippen LogP contribution in [-0.2, 0) is 13.6 Å². The molecule has 3 aromatic rings.